The molecule has 0 aromatic carbocycles. The number of sulfonamides is 1. The second kappa shape index (κ2) is 5.87. The Morgan fingerprint density at radius 2 is 2.16 bits per heavy atom. The van der Waals surface area contributed by atoms with E-state index >= 15 is 0 Å². The summed E-state index contributed by atoms with van der Waals surface area (Å²) < 4.78 is 27.6. The largest absolute Gasteiger partial charge is 0.329 e. The number of halogens is 2. The Hall–Kier alpha value is 0.150. The van der Waals surface area contributed by atoms with Crippen LogP contribution in [0.25, 0.3) is 0 Å². The van der Waals surface area contributed by atoms with E-state index in [9.17, 15) is 8.42 Å². The summed E-state index contributed by atoms with van der Waals surface area (Å²) in [7, 11) is -3.63. The summed E-state index contributed by atoms with van der Waals surface area (Å²) >= 11 is 12.9. The van der Waals surface area contributed by atoms with Gasteiger partial charge in [0.25, 0.3) is 0 Å². The molecule has 19 heavy (non-hydrogen) atoms. The van der Waals surface area contributed by atoms with Crippen LogP contribution in [0.3, 0.4) is 0 Å². The van der Waals surface area contributed by atoms with Crippen molar-refractivity contribution in [2.24, 2.45) is 5.73 Å². The van der Waals surface area contributed by atoms with E-state index in [4.69, 9.17) is 28.9 Å². The summed E-state index contributed by atoms with van der Waals surface area (Å²) in [6, 6.07) is 1.18. The van der Waals surface area contributed by atoms with Gasteiger partial charge >= 0.3 is 0 Å². The van der Waals surface area contributed by atoms with Crippen LogP contribution < -0.4 is 5.73 Å². The second-order valence-corrected chi connectivity index (χ2v) is 8.79. The number of piperidine rings is 1. The van der Waals surface area contributed by atoms with Crippen LogP contribution in [0.2, 0.25) is 8.67 Å². The maximum atomic E-state index is 12.7. The van der Waals surface area contributed by atoms with Gasteiger partial charge < -0.3 is 5.73 Å². The van der Waals surface area contributed by atoms with Gasteiger partial charge in [-0.15, -0.1) is 11.3 Å². The van der Waals surface area contributed by atoms with Gasteiger partial charge in [0.2, 0.25) is 10.0 Å². The van der Waals surface area contributed by atoms with Crippen LogP contribution in [-0.4, -0.2) is 31.4 Å². The summed E-state index contributed by atoms with van der Waals surface area (Å²) in [5.74, 6) is 0. The highest BCUT2D eigenvalue weighted by molar-refractivity contribution is 7.89. The number of rotatable bonds is 3. The molecular weight excluding hydrogens is 327 g/mol. The van der Waals surface area contributed by atoms with Crippen molar-refractivity contribution in [2.45, 2.75) is 43.2 Å². The lowest BCUT2D eigenvalue weighted by Crippen LogP contribution is -2.51. The maximum Gasteiger partial charge on any atom is 0.246 e. The predicted octanol–water partition coefficient (Wildman–Crippen LogP) is 2.95. The quantitative estimate of drug-likeness (QED) is 0.918. The SMILES string of the molecule is CC1CCCC(CN)N1S(=O)(=O)c1cc(Cl)sc1Cl. The summed E-state index contributed by atoms with van der Waals surface area (Å²) in [6.45, 7) is 2.22. The average Bonchev–Trinajstić information content (AvgIpc) is 2.68. The topological polar surface area (TPSA) is 63.4 Å². The number of hydrogen-bond donors (Lipinski definition) is 1. The van der Waals surface area contributed by atoms with Gasteiger partial charge in [-0.25, -0.2) is 8.42 Å². The number of nitrogens with zero attached hydrogens (tertiary/aromatic N) is 1. The van der Waals surface area contributed by atoms with Gasteiger partial charge in [-0.3, -0.25) is 0 Å². The number of thiophene rings is 1. The van der Waals surface area contributed by atoms with Gasteiger partial charge in [0.1, 0.15) is 9.23 Å². The van der Waals surface area contributed by atoms with Crippen LogP contribution in [0.5, 0.6) is 0 Å². The Kier molecular flexibility index (Phi) is 4.80. The molecule has 1 aromatic rings. The summed E-state index contributed by atoms with van der Waals surface area (Å²) in [4.78, 5) is 0.0939. The molecule has 2 atom stereocenters. The van der Waals surface area contributed by atoms with Crippen LogP contribution in [0, 0.1) is 0 Å². The van der Waals surface area contributed by atoms with Crippen molar-refractivity contribution in [3.05, 3.63) is 14.7 Å². The first kappa shape index (κ1) is 15.5. The third-order valence-corrected chi connectivity index (χ3v) is 7.23. The maximum absolute atomic E-state index is 12.7. The van der Waals surface area contributed by atoms with Crippen molar-refractivity contribution in [1.29, 1.82) is 0 Å². The Bertz CT molecular complexity index is 559. The molecule has 2 N–H and O–H groups in total. The van der Waals surface area contributed by atoms with Crippen molar-refractivity contribution in [1.82, 2.24) is 4.31 Å². The van der Waals surface area contributed by atoms with Crippen molar-refractivity contribution in [2.75, 3.05) is 6.54 Å². The average molecular weight is 343 g/mol. The Morgan fingerprint density at radius 3 is 2.68 bits per heavy atom. The van der Waals surface area contributed by atoms with Crippen LogP contribution in [0.4, 0.5) is 0 Å². The lowest BCUT2D eigenvalue weighted by atomic mass is 10.00. The first-order chi connectivity index (χ1) is 8.87. The molecule has 2 unspecified atom stereocenters. The Labute approximate surface area is 127 Å². The van der Waals surface area contributed by atoms with E-state index in [1.807, 2.05) is 6.92 Å². The van der Waals surface area contributed by atoms with Crippen molar-refractivity contribution in [3.8, 4) is 0 Å². The fraction of sp³-hybridized carbons (Fsp3) is 0.636. The van der Waals surface area contributed by atoms with E-state index in [0.717, 1.165) is 30.6 Å². The lowest BCUT2D eigenvalue weighted by Gasteiger charge is -2.38. The molecule has 1 fully saturated rings. The standard InChI is InChI=1S/C11H16Cl2N2O2S2/c1-7-3-2-4-8(6-14)15(7)19(16,17)9-5-10(12)18-11(9)13/h5,7-8H,2-4,6,14H2,1H3. The molecule has 108 valence electrons. The first-order valence-electron chi connectivity index (χ1n) is 6.06. The molecule has 1 saturated heterocycles. The van der Waals surface area contributed by atoms with E-state index in [1.165, 1.54) is 10.4 Å². The van der Waals surface area contributed by atoms with Crippen LogP contribution in [0.1, 0.15) is 26.2 Å². The minimum Gasteiger partial charge on any atom is -0.329 e. The molecule has 1 aliphatic rings. The van der Waals surface area contributed by atoms with Crippen LogP contribution >= 0.6 is 34.5 Å². The van der Waals surface area contributed by atoms with E-state index in [2.05, 4.69) is 0 Å². The highest BCUT2D eigenvalue weighted by atomic mass is 35.5. The first-order valence-corrected chi connectivity index (χ1v) is 9.07. The molecule has 2 heterocycles. The van der Waals surface area contributed by atoms with Crippen molar-refractivity contribution >= 4 is 44.6 Å². The van der Waals surface area contributed by atoms with Crippen molar-refractivity contribution in [3.63, 3.8) is 0 Å². The Balaban J connectivity index is 2.44. The minimum atomic E-state index is -3.63. The molecule has 0 spiro atoms. The van der Waals surface area contributed by atoms with Crippen LogP contribution in [0.15, 0.2) is 11.0 Å². The van der Waals surface area contributed by atoms with Gasteiger partial charge in [0.15, 0.2) is 0 Å². The van der Waals surface area contributed by atoms with E-state index in [-0.39, 0.29) is 21.3 Å². The fourth-order valence-electron chi connectivity index (χ4n) is 2.53. The molecule has 8 heteroatoms. The number of hydrogen-bond acceptors (Lipinski definition) is 4. The molecule has 1 aliphatic heterocycles. The third-order valence-electron chi connectivity index (χ3n) is 3.41. The fourth-order valence-corrected chi connectivity index (χ4v) is 6.54. The summed E-state index contributed by atoms with van der Waals surface area (Å²) in [5, 5.41) is 0. The molecule has 0 radical (unpaired) electrons. The van der Waals surface area contributed by atoms with Crippen LogP contribution in [-0.2, 0) is 10.0 Å². The predicted molar refractivity (Wildman–Crippen MR) is 79.5 cm³/mol. The van der Waals surface area contributed by atoms with Gasteiger partial charge in [0.05, 0.1) is 4.34 Å². The van der Waals surface area contributed by atoms with Gasteiger partial charge in [-0.1, -0.05) is 29.6 Å². The monoisotopic (exact) mass is 342 g/mol. The Morgan fingerprint density at radius 1 is 1.47 bits per heavy atom. The van der Waals surface area contributed by atoms with Gasteiger partial charge in [0, 0.05) is 18.6 Å². The normalized spacial score (nSPS) is 25.7. The summed E-state index contributed by atoms with van der Waals surface area (Å²) in [6.07, 6.45) is 2.62. The molecule has 0 aliphatic carbocycles. The summed E-state index contributed by atoms with van der Waals surface area (Å²) in [5.41, 5.74) is 5.71. The minimum absolute atomic E-state index is 0.0676. The molecule has 0 amide bonds. The highest BCUT2D eigenvalue weighted by Gasteiger charge is 2.38. The lowest BCUT2D eigenvalue weighted by molar-refractivity contribution is 0.196. The molecule has 1 aromatic heterocycles. The third kappa shape index (κ3) is 2.94. The van der Waals surface area contributed by atoms with Crippen molar-refractivity contribution < 1.29 is 8.42 Å². The smallest absolute Gasteiger partial charge is 0.246 e. The zero-order valence-electron chi connectivity index (χ0n) is 10.5. The van der Waals surface area contributed by atoms with Gasteiger partial charge in [-0.05, 0) is 25.8 Å². The van der Waals surface area contributed by atoms with E-state index in [1.54, 1.807) is 0 Å². The van der Waals surface area contributed by atoms with Gasteiger partial charge in [-0.2, -0.15) is 4.31 Å². The molecule has 0 bridgehead atoms. The molecule has 0 saturated carbocycles. The second-order valence-electron chi connectivity index (χ2n) is 4.69. The molecule has 2 rings (SSSR count). The zero-order valence-corrected chi connectivity index (χ0v) is 13.6. The van der Waals surface area contributed by atoms with E-state index < -0.39 is 10.0 Å². The molecule has 4 nitrogen and oxygen atoms in total. The number of nitrogens with two attached hydrogens (primary N) is 1. The highest BCUT2D eigenvalue weighted by Crippen LogP contribution is 2.38. The molecular formula is C11H16Cl2N2O2S2. The van der Waals surface area contributed by atoms with E-state index in [0.29, 0.717) is 10.9 Å². The zero-order chi connectivity index (χ0) is 14.2.